The van der Waals surface area contributed by atoms with E-state index in [1.54, 1.807) is 24.3 Å². The fourth-order valence-corrected chi connectivity index (χ4v) is 2.08. The first-order chi connectivity index (χ1) is 11.6. The summed E-state index contributed by atoms with van der Waals surface area (Å²) in [6, 6.07) is 15.6. The van der Waals surface area contributed by atoms with Crippen molar-refractivity contribution in [3.8, 4) is 0 Å². The Morgan fingerprint density at radius 1 is 0.958 bits per heavy atom. The molecule has 0 unspecified atom stereocenters. The van der Waals surface area contributed by atoms with Crippen LogP contribution < -0.4 is 16.4 Å². The normalized spacial score (nSPS) is 11.6. The smallest absolute Gasteiger partial charge is 0.243 e. The first-order valence-corrected chi connectivity index (χ1v) is 7.69. The molecule has 0 heterocycles. The monoisotopic (exact) mass is 327 g/mol. The fourth-order valence-electron chi connectivity index (χ4n) is 2.08. The van der Waals surface area contributed by atoms with E-state index >= 15 is 0 Å². The van der Waals surface area contributed by atoms with Crippen molar-refractivity contribution in [2.45, 2.75) is 18.9 Å². The van der Waals surface area contributed by atoms with Crippen LogP contribution in [-0.2, 0) is 16.0 Å². The molecule has 0 aliphatic carbocycles. The number of aliphatic hydroxyl groups excluding tert-OH is 1. The molecule has 24 heavy (non-hydrogen) atoms. The molecule has 1 atom stereocenters. The maximum absolute atomic E-state index is 12.0. The van der Waals surface area contributed by atoms with Gasteiger partial charge in [0.15, 0.2) is 0 Å². The second-order valence-corrected chi connectivity index (χ2v) is 5.39. The van der Waals surface area contributed by atoms with E-state index < -0.39 is 18.6 Å². The fraction of sp³-hybridized carbons (Fsp3) is 0.222. The van der Waals surface area contributed by atoms with Crippen molar-refractivity contribution in [3.05, 3.63) is 60.2 Å². The highest BCUT2D eigenvalue weighted by Crippen LogP contribution is 2.14. The Balaban J connectivity index is 1.82. The van der Waals surface area contributed by atoms with E-state index in [2.05, 4.69) is 10.6 Å². The summed E-state index contributed by atoms with van der Waals surface area (Å²) >= 11 is 0. The van der Waals surface area contributed by atoms with Crippen molar-refractivity contribution in [1.29, 1.82) is 0 Å². The maximum Gasteiger partial charge on any atom is 0.243 e. The Kier molecular flexibility index (Phi) is 6.48. The van der Waals surface area contributed by atoms with Gasteiger partial charge in [-0.1, -0.05) is 30.3 Å². The van der Waals surface area contributed by atoms with Crippen LogP contribution in [0.25, 0.3) is 0 Å². The van der Waals surface area contributed by atoms with Gasteiger partial charge >= 0.3 is 0 Å². The average Bonchev–Trinajstić information content (AvgIpc) is 2.61. The molecule has 0 aromatic heterocycles. The van der Waals surface area contributed by atoms with E-state index in [4.69, 9.17) is 10.8 Å². The SMILES string of the molecule is N[C@@H](CO)C(=O)Nc1ccc(NC(=O)CCc2ccccc2)cc1. The van der Waals surface area contributed by atoms with Crippen LogP contribution in [-0.4, -0.2) is 29.6 Å². The van der Waals surface area contributed by atoms with Gasteiger partial charge in [0.1, 0.15) is 6.04 Å². The number of hydrogen-bond acceptors (Lipinski definition) is 4. The lowest BCUT2D eigenvalue weighted by Gasteiger charge is -2.10. The number of aliphatic hydroxyl groups is 1. The van der Waals surface area contributed by atoms with Crippen molar-refractivity contribution in [1.82, 2.24) is 0 Å². The minimum atomic E-state index is -0.956. The molecule has 0 fully saturated rings. The van der Waals surface area contributed by atoms with Gasteiger partial charge in [0.25, 0.3) is 0 Å². The minimum Gasteiger partial charge on any atom is -0.394 e. The lowest BCUT2D eigenvalue weighted by Crippen LogP contribution is -2.38. The van der Waals surface area contributed by atoms with Crippen LogP contribution in [0.5, 0.6) is 0 Å². The summed E-state index contributed by atoms with van der Waals surface area (Å²) < 4.78 is 0. The third kappa shape index (κ3) is 5.49. The molecule has 0 saturated heterocycles. The van der Waals surface area contributed by atoms with Crippen molar-refractivity contribution < 1.29 is 14.7 Å². The van der Waals surface area contributed by atoms with Crippen LogP contribution in [0.1, 0.15) is 12.0 Å². The van der Waals surface area contributed by atoms with Crippen LogP contribution in [0, 0.1) is 0 Å². The first kappa shape index (κ1) is 17.7. The van der Waals surface area contributed by atoms with Gasteiger partial charge in [0, 0.05) is 17.8 Å². The van der Waals surface area contributed by atoms with Gasteiger partial charge < -0.3 is 21.5 Å². The number of rotatable bonds is 7. The van der Waals surface area contributed by atoms with E-state index in [1.165, 1.54) is 0 Å². The maximum atomic E-state index is 12.0. The summed E-state index contributed by atoms with van der Waals surface area (Å²) in [6.07, 6.45) is 1.08. The zero-order chi connectivity index (χ0) is 17.4. The van der Waals surface area contributed by atoms with Gasteiger partial charge in [-0.05, 0) is 36.2 Å². The number of nitrogens with two attached hydrogens (primary N) is 1. The van der Waals surface area contributed by atoms with Gasteiger partial charge in [-0.2, -0.15) is 0 Å². The number of amides is 2. The second kappa shape index (κ2) is 8.81. The molecule has 2 amide bonds. The molecule has 2 rings (SSSR count). The lowest BCUT2D eigenvalue weighted by molar-refractivity contribution is -0.118. The summed E-state index contributed by atoms with van der Waals surface area (Å²) in [7, 11) is 0. The number of nitrogens with one attached hydrogen (secondary N) is 2. The first-order valence-electron chi connectivity index (χ1n) is 7.69. The van der Waals surface area contributed by atoms with Crippen molar-refractivity contribution in [3.63, 3.8) is 0 Å². The van der Waals surface area contributed by atoms with Crippen LogP contribution in [0.2, 0.25) is 0 Å². The molecule has 6 nitrogen and oxygen atoms in total. The Bertz CT molecular complexity index is 672. The van der Waals surface area contributed by atoms with Gasteiger partial charge in [0.05, 0.1) is 6.61 Å². The predicted octanol–water partition coefficient (Wildman–Crippen LogP) is 1.52. The number of benzene rings is 2. The Morgan fingerprint density at radius 2 is 1.54 bits per heavy atom. The number of hydrogen-bond donors (Lipinski definition) is 4. The zero-order valence-corrected chi connectivity index (χ0v) is 13.2. The van der Waals surface area contributed by atoms with Gasteiger partial charge in [-0.3, -0.25) is 9.59 Å². The van der Waals surface area contributed by atoms with Crippen molar-refractivity contribution in [2.75, 3.05) is 17.2 Å². The average molecular weight is 327 g/mol. The molecule has 2 aromatic rings. The van der Waals surface area contributed by atoms with Gasteiger partial charge in [-0.25, -0.2) is 0 Å². The highest BCUT2D eigenvalue weighted by atomic mass is 16.3. The standard InChI is InChI=1S/C18H21N3O3/c19-16(12-22)18(24)21-15-9-7-14(8-10-15)20-17(23)11-6-13-4-2-1-3-5-13/h1-5,7-10,16,22H,6,11-12,19H2,(H,20,23)(H,21,24)/t16-/m0/s1. The predicted molar refractivity (Wildman–Crippen MR) is 93.5 cm³/mol. The quantitative estimate of drug-likeness (QED) is 0.619. The summed E-state index contributed by atoms with van der Waals surface area (Å²) in [6.45, 7) is -0.415. The molecular formula is C18H21N3O3. The summed E-state index contributed by atoms with van der Waals surface area (Å²) in [5, 5.41) is 14.2. The number of carbonyl (C=O) groups excluding carboxylic acids is 2. The third-order valence-electron chi connectivity index (χ3n) is 3.45. The highest BCUT2D eigenvalue weighted by Gasteiger charge is 2.11. The largest absolute Gasteiger partial charge is 0.394 e. The molecule has 5 N–H and O–H groups in total. The Morgan fingerprint density at radius 3 is 2.12 bits per heavy atom. The zero-order valence-electron chi connectivity index (χ0n) is 13.2. The molecule has 2 aromatic carbocycles. The molecule has 0 saturated carbocycles. The molecule has 0 aliphatic heterocycles. The van der Waals surface area contributed by atoms with Gasteiger partial charge in [-0.15, -0.1) is 0 Å². The summed E-state index contributed by atoms with van der Waals surface area (Å²) in [5.41, 5.74) is 7.74. The van der Waals surface area contributed by atoms with E-state index in [1.807, 2.05) is 30.3 Å². The van der Waals surface area contributed by atoms with Gasteiger partial charge in [0.2, 0.25) is 11.8 Å². The Labute approximate surface area is 140 Å². The van der Waals surface area contributed by atoms with E-state index in [0.717, 1.165) is 5.56 Å². The Hall–Kier alpha value is -2.70. The van der Waals surface area contributed by atoms with Crippen LogP contribution >= 0.6 is 0 Å². The molecular weight excluding hydrogens is 306 g/mol. The highest BCUT2D eigenvalue weighted by molar-refractivity contribution is 5.95. The van der Waals surface area contributed by atoms with Crippen LogP contribution in [0.3, 0.4) is 0 Å². The second-order valence-electron chi connectivity index (χ2n) is 5.39. The molecule has 0 radical (unpaired) electrons. The van der Waals surface area contributed by atoms with Crippen LogP contribution in [0.4, 0.5) is 11.4 Å². The topological polar surface area (TPSA) is 104 Å². The van der Waals surface area contributed by atoms with E-state index in [9.17, 15) is 9.59 Å². The minimum absolute atomic E-state index is 0.0714. The summed E-state index contributed by atoms with van der Waals surface area (Å²) in [5.74, 6) is -0.532. The molecule has 0 bridgehead atoms. The van der Waals surface area contributed by atoms with Crippen LogP contribution in [0.15, 0.2) is 54.6 Å². The number of aryl methyl sites for hydroxylation is 1. The molecule has 126 valence electrons. The number of carbonyl (C=O) groups is 2. The van der Waals surface area contributed by atoms with E-state index in [-0.39, 0.29) is 5.91 Å². The third-order valence-corrected chi connectivity index (χ3v) is 3.45. The molecule has 6 heteroatoms. The lowest BCUT2D eigenvalue weighted by atomic mass is 10.1. The van der Waals surface area contributed by atoms with E-state index in [0.29, 0.717) is 24.2 Å². The van der Waals surface area contributed by atoms with Crippen molar-refractivity contribution in [2.24, 2.45) is 5.73 Å². The van der Waals surface area contributed by atoms with Crippen molar-refractivity contribution >= 4 is 23.2 Å². The summed E-state index contributed by atoms with van der Waals surface area (Å²) in [4.78, 5) is 23.5. The number of anilines is 2. The molecule has 0 spiro atoms. The molecule has 0 aliphatic rings.